The number of benzene rings is 1. The molecule has 0 unspecified atom stereocenters. The average Bonchev–Trinajstić information content (AvgIpc) is 2.96. The summed E-state index contributed by atoms with van der Waals surface area (Å²) in [4.78, 5) is 12.8. The first-order valence-corrected chi connectivity index (χ1v) is 6.52. The Morgan fingerprint density at radius 3 is 2.90 bits per heavy atom. The Bertz CT molecular complexity index is 610. The molecular formula is C14H18N4O3. The lowest BCUT2D eigenvalue weighted by Gasteiger charge is -2.10. The molecule has 0 aliphatic heterocycles. The van der Waals surface area contributed by atoms with Crippen LogP contribution < -0.4 is 10.1 Å². The fourth-order valence-electron chi connectivity index (χ4n) is 1.66. The molecule has 2 amide bonds. The standard InChI is InChI=1S/C14H18N4O3/c1-18(2)14(19)15-8-7-12-16-17-13(21-12)10-5-4-6-11(9-10)20-3/h4-6,9H,7-8H2,1-3H3,(H,15,19). The quantitative estimate of drug-likeness (QED) is 0.903. The van der Waals surface area contributed by atoms with E-state index in [0.717, 1.165) is 11.3 Å². The summed E-state index contributed by atoms with van der Waals surface area (Å²) in [6, 6.07) is 7.24. The first-order valence-electron chi connectivity index (χ1n) is 6.52. The predicted molar refractivity (Wildman–Crippen MR) is 77.1 cm³/mol. The second-order valence-corrected chi connectivity index (χ2v) is 4.61. The number of rotatable bonds is 5. The number of nitrogens with one attached hydrogen (secondary N) is 1. The van der Waals surface area contributed by atoms with E-state index >= 15 is 0 Å². The molecule has 2 aromatic rings. The summed E-state index contributed by atoms with van der Waals surface area (Å²) in [6.07, 6.45) is 0.483. The van der Waals surface area contributed by atoms with Gasteiger partial charge in [0, 0.05) is 32.6 Å². The van der Waals surface area contributed by atoms with E-state index in [1.807, 2.05) is 24.3 Å². The molecule has 1 N–H and O–H groups in total. The highest BCUT2D eigenvalue weighted by Gasteiger charge is 2.10. The number of aromatic nitrogens is 2. The number of methoxy groups -OCH3 is 1. The lowest BCUT2D eigenvalue weighted by Crippen LogP contribution is -2.35. The molecule has 0 aliphatic carbocycles. The van der Waals surface area contributed by atoms with Crippen LogP contribution in [0.2, 0.25) is 0 Å². The number of nitrogens with zero attached hydrogens (tertiary/aromatic N) is 3. The molecule has 0 saturated carbocycles. The van der Waals surface area contributed by atoms with Crippen LogP contribution in [0.4, 0.5) is 4.79 Å². The lowest BCUT2D eigenvalue weighted by molar-refractivity contribution is 0.217. The highest BCUT2D eigenvalue weighted by atomic mass is 16.5. The lowest BCUT2D eigenvalue weighted by atomic mass is 10.2. The van der Waals surface area contributed by atoms with Crippen molar-refractivity contribution >= 4 is 6.03 Å². The zero-order chi connectivity index (χ0) is 15.2. The van der Waals surface area contributed by atoms with Gasteiger partial charge in [-0.2, -0.15) is 0 Å². The van der Waals surface area contributed by atoms with Crippen LogP contribution in [-0.2, 0) is 6.42 Å². The molecule has 0 bridgehead atoms. The van der Waals surface area contributed by atoms with Crippen LogP contribution >= 0.6 is 0 Å². The van der Waals surface area contributed by atoms with Crippen molar-refractivity contribution in [3.8, 4) is 17.2 Å². The number of ether oxygens (including phenoxy) is 1. The Morgan fingerprint density at radius 1 is 1.38 bits per heavy atom. The van der Waals surface area contributed by atoms with Gasteiger partial charge in [-0.25, -0.2) is 4.79 Å². The molecule has 0 spiro atoms. The highest BCUT2D eigenvalue weighted by molar-refractivity contribution is 5.73. The van der Waals surface area contributed by atoms with Crippen molar-refractivity contribution in [2.45, 2.75) is 6.42 Å². The van der Waals surface area contributed by atoms with Gasteiger partial charge in [0.05, 0.1) is 7.11 Å². The number of urea groups is 1. The summed E-state index contributed by atoms with van der Waals surface area (Å²) >= 11 is 0. The molecule has 0 radical (unpaired) electrons. The van der Waals surface area contributed by atoms with Crippen LogP contribution in [0.3, 0.4) is 0 Å². The van der Waals surface area contributed by atoms with Gasteiger partial charge in [-0.3, -0.25) is 0 Å². The van der Waals surface area contributed by atoms with Gasteiger partial charge >= 0.3 is 6.03 Å². The second kappa shape index (κ2) is 6.74. The first-order chi connectivity index (χ1) is 10.1. The van der Waals surface area contributed by atoms with E-state index in [-0.39, 0.29) is 6.03 Å². The van der Waals surface area contributed by atoms with Crippen molar-refractivity contribution < 1.29 is 13.9 Å². The smallest absolute Gasteiger partial charge is 0.316 e. The van der Waals surface area contributed by atoms with Gasteiger partial charge in [0.2, 0.25) is 11.8 Å². The topological polar surface area (TPSA) is 80.5 Å². The fourth-order valence-corrected chi connectivity index (χ4v) is 1.66. The fraction of sp³-hybridized carbons (Fsp3) is 0.357. The van der Waals surface area contributed by atoms with Crippen molar-refractivity contribution in [1.29, 1.82) is 0 Å². The minimum atomic E-state index is -0.150. The summed E-state index contributed by atoms with van der Waals surface area (Å²) in [5, 5.41) is 10.7. The van der Waals surface area contributed by atoms with Gasteiger partial charge in [-0.05, 0) is 18.2 Å². The van der Waals surface area contributed by atoms with E-state index in [2.05, 4.69) is 15.5 Å². The van der Waals surface area contributed by atoms with Crippen molar-refractivity contribution in [2.75, 3.05) is 27.7 Å². The monoisotopic (exact) mass is 290 g/mol. The maximum Gasteiger partial charge on any atom is 0.316 e. The minimum absolute atomic E-state index is 0.150. The van der Waals surface area contributed by atoms with Crippen LogP contribution in [0.5, 0.6) is 5.75 Å². The third-order valence-electron chi connectivity index (χ3n) is 2.80. The van der Waals surface area contributed by atoms with Crippen molar-refractivity contribution in [3.05, 3.63) is 30.2 Å². The van der Waals surface area contributed by atoms with Gasteiger partial charge in [0.25, 0.3) is 0 Å². The average molecular weight is 290 g/mol. The molecular weight excluding hydrogens is 272 g/mol. The molecule has 0 atom stereocenters. The van der Waals surface area contributed by atoms with Crippen LogP contribution in [0.25, 0.3) is 11.5 Å². The van der Waals surface area contributed by atoms with Crippen LogP contribution in [0.1, 0.15) is 5.89 Å². The number of carbonyl (C=O) groups is 1. The van der Waals surface area contributed by atoms with Crippen molar-refractivity contribution in [1.82, 2.24) is 20.4 Å². The van der Waals surface area contributed by atoms with Gasteiger partial charge in [0.1, 0.15) is 5.75 Å². The Morgan fingerprint density at radius 2 is 2.19 bits per heavy atom. The molecule has 0 aliphatic rings. The second-order valence-electron chi connectivity index (χ2n) is 4.61. The zero-order valence-electron chi connectivity index (χ0n) is 12.3. The maximum absolute atomic E-state index is 11.4. The summed E-state index contributed by atoms with van der Waals surface area (Å²) < 4.78 is 10.7. The van der Waals surface area contributed by atoms with E-state index in [9.17, 15) is 4.79 Å². The minimum Gasteiger partial charge on any atom is -0.497 e. The molecule has 112 valence electrons. The normalized spacial score (nSPS) is 10.2. The van der Waals surface area contributed by atoms with E-state index in [0.29, 0.717) is 24.7 Å². The molecule has 1 aromatic heterocycles. The summed E-state index contributed by atoms with van der Waals surface area (Å²) in [7, 11) is 4.97. The zero-order valence-corrected chi connectivity index (χ0v) is 12.3. The molecule has 7 heteroatoms. The summed E-state index contributed by atoms with van der Waals surface area (Å²) in [5.41, 5.74) is 0.797. The van der Waals surface area contributed by atoms with Gasteiger partial charge < -0.3 is 19.4 Å². The van der Waals surface area contributed by atoms with E-state index < -0.39 is 0 Å². The van der Waals surface area contributed by atoms with Crippen molar-refractivity contribution in [2.24, 2.45) is 0 Å². The van der Waals surface area contributed by atoms with E-state index in [1.54, 1.807) is 21.2 Å². The molecule has 21 heavy (non-hydrogen) atoms. The van der Waals surface area contributed by atoms with Crippen LogP contribution in [0.15, 0.2) is 28.7 Å². The molecule has 0 fully saturated rings. The summed E-state index contributed by atoms with van der Waals surface area (Å²) in [5.74, 6) is 1.64. The highest BCUT2D eigenvalue weighted by Crippen LogP contribution is 2.22. The first kappa shape index (κ1) is 14.8. The third-order valence-corrected chi connectivity index (χ3v) is 2.80. The number of hydrogen-bond acceptors (Lipinski definition) is 5. The van der Waals surface area contributed by atoms with Gasteiger partial charge in [0.15, 0.2) is 0 Å². The van der Waals surface area contributed by atoms with E-state index in [1.165, 1.54) is 4.90 Å². The number of amides is 2. The Balaban J connectivity index is 1.96. The van der Waals surface area contributed by atoms with Gasteiger partial charge in [-0.1, -0.05) is 6.07 Å². The maximum atomic E-state index is 11.4. The Kier molecular flexibility index (Phi) is 4.76. The van der Waals surface area contributed by atoms with Gasteiger partial charge in [-0.15, -0.1) is 10.2 Å². The third kappa shape index (κ3) is 3.95. The SMILES string of the molecule is COc1cccc(-c2nnc(CCNC(=O)N(C)C)o2)c1. The molecule has 7 nitrogen and oxygen atoms in total. The molecule has 1 heterocycles. The number of carbonyl (C=O) groups excluding carboxylic acids is 1. The van der Waals surface area contributed by atoms with Crippen molar-refractivity contribution in [3.63, 3.8) is 0 Å². The molecule has 0 saturated heterocycles. The molecule has 2 rings (SSSR count). The summed E-state index contributed by atoms with van der Waals surface area (Å²) in [6.45, 7) is 0.441. The van der Waals surface area contributed by atoms with E-state index in [4.69, 9.17) is 9.15 Å². The largest absolute Gasteiger partial charge is 0.497 e. The van der Waals surface area contributed by atoms with Crippen LogP contribution in [-0.4, -0.2) is 48.9 Å². The molecule has 1 aromatic carbocycles. The predicted octanol–water partition coefficient (Wildman–Crippen LogP) is 1.56. The number of hydrogen-bond donors (Lipinski definition) is 1. The Labute approximate surface area is 122 Å². The Hall–Kier alpha value is -2.57. The van der Waals surface area contributed by atoms with Crippen LogP contribution in [0, 0.1) is 0 Å².